The second-order valence-corrected chi connectivity index (χ2v) is 7.44. The molecule has 1 aromatic carbocycles. The van der Waals surface area contributed by atoms with Crippen molar-refractivity contribution in [1.82, 2.24) is 14.8 Å². The molecule has 0 bridgehead atoms. The molecule has 2 fully saturated rings. The fraction of sp³-hybridized carbons (Fsp3) is 0.476. The first-order valence-electron chi connectivity index (χ1n) is 9.69. The van der Waals surface area contributed by atoms with Gasteiger partial charge in [0.05, 0.1) is 0 Å². The van der Waals surface area contributed by atoms with Gasteiger partial charge in [-0.3, -0.25) is 9.69 Å². The molecule has 1 amide bonds. The van der Waals surface area contributed by atoms with Gasteiger partial charge in [-0.25, -0.2) is 0 Å². The summed E-state index contributed by atoms with van der Waals surface area (Å²) in [6, 6.07) is 12.9. The van der Waals surface area contributed by atoms with Crippen LogP contribution in [-0.2, 0) is 0 Å². The Morgan fingerprint density at radius 2 is 1.85 bits per heavy atom. The Bertz CT molecular complexity index is 734. The summed E-state index contributed by atoms with van der Waals surface area (Å²) in [6.45, 7) is 8.18. The Balaban J connectivity index is 1.35. The Kier molecular flexibility index (Phi) is 4.98. The van der Waals surface area contributed by atoms with Crippen LogP contribution in [0.15, 0.2) is 42.6 Å². The van der Waals surface area contributed by atoms with Gasteiger partial charge in [0.1, 0.15) is 5.69 Å². The molecule has 4 rings (SSSR count). The molecule has 1 N–H and O–H groups in total. The number of amides is 1. The molecule has 0 radical (unpaired) electrons. The van der Waals surface area contributed by atoms with Crippen molar-refractivity contribution < 1.29 is 4.79 Å². The number of likely N-dealkylation sites (tertiary alicyclic amines) is 1. The number of piperidine rings is 1. The van der Waals surface area contributed by atoms with Crippen LogP contribution in [0.1, 0.15) is 28.9 Å². The summed E-state index contributed by atoms with van der Waals surface area (Å²) in [5.74, 6) is 0.137. The monoisotopic (exact) mass is 352 g/mol. The predicted octanol–water partition coefficient (Wildman–Crippen LogP) is 2.75. The van der Waals surface area contributed by atoms with Crippen LogP contribution < -0.4 is 4.90 Å². The number of nitrogens with zero attached hydrogens (tertiary/aromatic N) is 3. The van der Waals surface area contributed by atoms with Crippen molar-refractivity contribution in [2.45, 2.75) is 25.8 Å². The van der Waals surface area contributed by atoms with Crippen molar-refractivity contribution in [1.29, 1.82) is 0 Å². The van der Waals surface area contributed by atoms with E-state index in [1.165, 1.54) is 17.7 Å². The molecule has 2 aliphatic heterocycles. The fourth-order valence-electron chi connectivity index (χ4n) is 4.32. The minimum Gasteiger partial charge on any atom is -0.369 e. The van der Waals surface area contributed by atoms with E-state index in [1.807, 2.05) is 23.2 Å². The van der Waals surface area contributed by atoms with E-state index in [0.717, 1.165) is 45.7 Å². The molecule has 0 saturated carbocycles. The van der Waals surface area contributed by atoms with Gasteiger partial charge < -0.3 is 14.8 Å². The lowest BCUT2D eigenvalue weighted by molar-refractivity contribution is 0.0559. The van der Waals surface area contributed by atoms with Crippen molar-refractivity contribution in [2.75, 3.05) is 44.2 Å². The van der Waals surface area contributed by atoms with E-state index < -0.39 is 0 Å². The normalized spacial score (nSPS) is 21.8. The van der Waals surface area contributed by atoms with E-state index in [0.29, 0.717) is 11.7 Å². The number of benzene rings is 1. The zero-order valence-corrected chi connectivity index (χ0v) is 15.5. The van der Waals surface area contributed by atoms with Gasteiger partial charge in [0.15, 0.2) is 0 Å². The number of para-hydroxylation sites is 1. The van der Waals surface area contributed by atoms with Gasteiger partial charge in [-0.1, -0.05) is 18.2 Å². The molecule has 1 atom stereocenters. The third-order valence-electron chi connectivity index (χ3n) is 5.80. The lowest BCUT2D eigenvalue weighted by Gasteiger charge is -2.44. The van der Waals surface area contributed by atoms with Gasteiger partial charge in [0.2, 0.25) is 0 Å². The first-order chi connectivity index (χ1) is 12.7. The van der Waals surface area contributed by atoms with Crippen molar-refractivity contribution >= 4 is 11.6 Å². The molecule has 5 nitrogen and oxygen atoms in total. The second-order valence-electron chi connectivity index (χ2n) is 7.44. The molecule has 2 saturated heterocycles. The van der Waals surface area contributed by atoms with E-state index in [4.69, 9.17) is 0 Å². The quantitative estimate of drug-likeness (QED) is 0.924. The number of aromatic nitrogens is 1. The standard InChI is InChI=1S/C21H28N4O/c1-17-6-2-3-9-20(17)24-14-12-23(13-15-24)18-7-5-11-25(16-18)21(26)19-8-4-10-22-19/h2-4,6,8-10,18,22H,5,7,11-16H2,1H3. The molecule has 5 heteroatoms. The molecular weight excluding hydrogens is 324 g/mol. The maximum Gasteiger partial charge on any atom is 0.270 e. The topological polar surface area (TPSA) is 42.6 Å². The smallest absolute Gasteiger partial charge is 0.270 e. The Morgan fingerprint density at radius 1 is 1.04 bits per heavy atom. The van der Waals surface area contributed by atoms with Gasteiger partial charge in [0.25, 0.3) is 5.91 Å². The number of hydrogen-bond donors (Lipinski definition) is 1. The summed E-state index contributed by atoms with van der Waals surface area (Å²) in [7, 11) is 0. The lowest BCUT2D eigenvalue weighted by atomic mass is 10.0. The average Bonchev–Trinajstić information content (AvgIpc) is 3.23. The Labute approximate surface area is 155 Å². The van der Waals surface area contributed by atoms with Crippen LogP contribution in [0.3, 0.4) is 0 Å². The molecule has 1 aromatic heterocycles. The van der Waals surface area contributed by atoms with Crippen LogP contribution in [-0.4, -0.2) is 66.0 Å². The summed E-state index contributed by atoms with van der Waals surface area (Å²) in [4.78, 5) is 22.8. The average molecular weight is 352 g/mol. The molecule has 2 aliphatic rings. The molecular formula is C21H28N4O. The zero-order chi connectivity index (χ0) is 17.9. The van der Waals surface area contributed by atoms with Crippen LogP contribution in [0.4, 0.5) is 5.69 Å². The van der Waals surface area contributed by atoms with Crippen LogP contribution >= 0.6 is 0 Å². The van der Waals surface area contributed by atoms with Gasteiger partial charge >= 0.3 is 0 Å². The van der Waals surface area contributed by atoms with E-state index in [2.05, 4.69) is 46.0 Å². The molecule has 138 valence electrons. The fourth-order valence-corrected chi connectivity index (χ4v) is 4.32. The van der Waals surface area contributed by atoms with Crippen LogP contribution in [0, 0.1) is 6.92 Å². The Hall–Kier alpha value is -2.27. The highest BCUT2D eigenvalue weighted by molar-refractivity contribution is 5.92. The number of H-pyrrole nitrogens is 1. The minimum absolute atomic E-state index is 0.137. The number of rotatable bonds is 3. The number of hydrogen-bond acceptors (Lipinski definition) is 3. The van der Waals surface area contributed by atoms with E-state index in [9.17, 15) is 4.79 Å². The highest BCUT2D eigenvalue weighted by Gasteiger charge is 2.30. The maximum atomic E-state index is 12.6. The van der Waals surface area contributed by atoms with E-state index in [-0.39, 0.29) is 5.91 Å². The van der Waals surface area contributed by atoms with Crippen molar-refractivity contribution in [3.05, 3.63) is 53.9 Å². The van der Waals surface area contributed by atoms with Gasteiger partial charge in [-0.15, -0.1) is 0 Å². The first kappa shape index (κ1) is 17.2. The van der Waals surface area contributed by atoms with Gasteiger partial charge in [-0.2, -0.15) is 0 Å². The summed E-state index contributed by atoms with van der Waals surface area (Å²) >= 11 is 0. The van der Waals surface area contributed by atoms with E-state index >= 15 is 0 Å². The molecule has 2 aromatic rings. The largest absolute Gasteiger partial charge is 0.369 e. The van der Waals surface area contributed by atoms with E-state index in [1.54, 1.807) is 0 Å². The van der Waals surface area contributed by atoms with Gasteiger partial charge in [0, 0.05) is 57.2 Å². The van der Waals surface area contributed by atoms with Crippen LogP contribution in [0.2, 0.25) is 0 Å². The molecule has 3 heterocycles. The summed E-state index contributed by atoms with van der Waals surface area (Å²) in [5, 5.41) is 0. The van der Waals surface area contributed by atoms with Gasteiger partial charge in [-0.05, 0) is 43.5 Å². The van der Waals surface area contributed by atoms with Crippen molar-refractivity contribution in [3.63, 3.8) is 0 Å². The van der Waals surface area contributed by atoms with Crippen molar-refractivity contribution in [3.8, 4) is 0 Å². The number of piperazine rings is 1. The highest BCUT2D eigenvalue weighted by atomic mass is 16.2. The minimum atomic E-state index is 0.137. The third-order valence-corrected chi connectivity index (χ3v) is 5.80. The summed E-state index contributed by atoms with van der Waals surface area (Å²) in [6.07, 6.45) is 4.10. The third kappa shape index (κ3) is 3.49. The number of aryl methyl sites for hydroxylation is 1. The molecule has 0 aliphatic carbocycles. The second kappa shape index (κ2) is 7.54. The number of carbonyl (C=O) groups excluding carboxylic acids is 1. The SMILES string of the molecule is Cc1ccccc1N1CCN(C2CCCN(C(=O)c3ccc[nH]3)C2)CC1. The zero-order valence-electron chi connectivity index (χ0n) is 15.5. The summed E-state index contributed by atoms with van der Waals surface area (Å²) in [5.41, 5.74) is 3.41. The number of anilines is 1. The molecule has 26 heavy (non-hydrogen) atoms. The number of carbonyl (C=O) groups is 1. The van der Waals surface area contributed by atoms with Crippen LogP contribution in [0.25, 0.3) is 0 Å². The highest BCUT2D eigenvalue weighted by Crippen LogP contribution is 2.23. The molecule has 1 unspecified atom stereocenters. The Morgan fingerprint density at radius 3 is 2.58 bits per heavy atom. The lowest BCUT2D eigenvalue weighted by Crippen LogP contribution is -2.56. The van der Waals surface area contributed by atoms with Crippen LogP contribution in [0.5, 0.6) is 0 Å². The number of aromatic amines is 1. The number of nitrogens with one attached hydrogen (secondary N) is 1. The van der Waals surface area contributed by atoms with Crippen molar-refractivity contribution in [2.24, 2.45) is 0 Å². The summed E-state index contributed by atoms with van der Waals surface area (Å²) < 4.78 is 0. The first-order valence-corrected chi connectivity index (χ1v) is 9.69. The maximum absolute atomic E-state index is 12.6. The molecule has 0 spiro atoms. The predicted molar refractivity (Wildman–Crippen MR) is 105 cm³/mol.